The van der Waals surface area contributed by atoms with Gasteiger partial charge in [0.25, 0.3) is 5.91 Å². The molecule has 1 N–H and O–H groups in total. The van der Waals surface area contributed by atoms with Crippen molar-refractivity contribution >= 4 is 44.8 Å². The fraction of sp³-hybridized carbons (Fsp3) is 0.458. The van der Waals surface area contributed by atoms with Crippen LogP contribution in [0, 0.1) is 6.92 Å². The Labute approximate surface area is 207 Å². The smallest absolute Gasteiger partial charge is 0.263 e. The van der Waals surface area contributed by atoms with Crippen LogP contribution in [-0.4, -0.2) is 69.6 Å². The predicted octanol–water partition coefficient (Wildman–Crippen LogP) is 3.57. The summed E-state index contributed by atoms with van der Waals surface area (Å²) in [6.07, 6.45) is 6.45. The average Bonchev–Trinajstić information content (AvgIpc) is 3.39. The number of halogens is 1. The van der Waals surface area contributed by atoms with Crippen molar-refractivity contribution in [2.45, 2.75) is 38.6 Å². The Morgan fingerprint density at radius 1 is 1.09 bits per heavy atom. The highest BCUT2D eigenvalue weighted by atomic mass is 79.9. The number of aryl methyl sites for hydroxylation is 1. The lowest BCUT2D eigenvalue weighted by molar-refractivity contribution is -0.118. The second-order valence-electron chi connectivity index (χ2n) is 8.79. The summed E-state index contributed by atoms with van der Waals surface area (Å²) in [5, 5.41) is 2.74. The minimum absolute atomic E-state index is 0.122. The molecule has 9 nitrogen and oxygen atoms in total. The molecule has 0 radical (unpaired) electrons. The van der Waals surface area contributed by atoms with E-state index in [9.17, 15) is 4.79 Å². The van der Waals surface area contributed by atoms with E-state index < -0.39 is 0 Å². The maximum absolute atomic E-state index is 12.3. The van der Waals surface area contributed by atoms with Crippen molar-refractivity contribution in [2.24, 2.45) is 0 Å². The highest BCUT2D eigenvalue weighted by Gasteiger charge is 2.27. The molecule has 178 valence electrons. The number of nitrogens with zero attached hydrogens (tertiary/aromatic N) is 6. The van der Waals surface area contributed by atoms with Gasteiger partial charge >= 0.3 is 0 Å². The van der Waals surface area contributed by atoms with E-state index in [1.807, 2.05) is 19.1 Å². The van der Waals surface area contributed by atoms with Crippen LogP contribution >= 0.6 is 15.9 Å². The molecule has 0 saturated carbocycles. The summed E-state index contributed by atoms with van der Waals surface area (Å²) in [5.74, 6) is 1.36. The van der Waals surface area contributed by atoms with E-state index in [-0.39, 0.29) is 12.5 Å². The van der Waals surface area contributed by atoms with Crippen molar-refractivity contribution in [2.75, 3.05) is 43.0 Å². The molecule has 2 fully saturated rings. The molecule has 10 heteroatoms. The zero-order chi connectivity index (χ0) is 23.5. The van der Waals surface area contributed by atoms with Crippen molar-refractivity contribution in [1.29, 1.82) is 0 Å². The highest BCUT2D eigenvalue weighted by Crippen LogP contribution is 2.25. The summed E-state index contributed by atoms with van der Waals surface area (Å²) < 4.78 is 6.46. The van der Waals surface area contributed by atoms with Crippen LogP contribution in [-0.2, 0) is 4.79 Å². The number of hydrogen-bond donors (Lipinski definition) is 1. The number of ether oxygens (including phenoxy) is 1. The van der Waals surface area contributed by atoms with Gasteiger partial charge in [-0.3, -0.25) is 4.79 Å². The number of amides is 1. The molecule has 0 bridgehead atoms. The van der Waals surface area contributed by atoms with Gasteiger partial charge in [0.1, 0.15) is 11.3 Å². The lowest BCUT2D eigenvalue weighted by Crippen LogP contribution is -2.44. The first-order valence-corrected chi connectivity index (χ1v) is 12.5. The number of aromatic nitrogens is 4. The van der Waals surface area contributed by atoms with E-state index in [2.05, 4.69) is 46.0 Å². The van der Waals surface area contributed by atoms with Gasteiger partial charge in [-0.1, -0.05) is 15.9 Å². The molecule has 3 aromatic rings. The second kappa shape index (κ2) is 10.2. The molecule has 0 aliphatic carbocycles. The molecule has 2 aliphatic heterocycles. The van der Waals surface area contributed by atoms with Crippen LogP contribution in [0.4, 0.5) is 11.8 Å². The summed E-state index contributed by atoms with van der Waals surface area (Å²) in [4.78, 5) is 35.5. The maximum atomic E-state index is 12.3. The van der Waals surface area contributed by atoms with Crippen LogP contribution in [0.25, 0.3) is 11.2 Å². The van der Waals surface area contributed by atoms with Gasteiger partial charge in [-0.2, -0.15) is 4.98 Å². The Balaban J connectivity index is 1.21. The fourth-order valence-electron chi connectivity index (χ4n) is 4.63. The van der Waals surface area contributed by atoms with E-state index in [4.69, 9.17) is 9.72 Å². The van der Waals surface area contributed by atoms with Gasteiger partial charge in [0.15, 0.2) is 18.1 Å². The van der Waals surface area contributed by atoms with E-state index in [1.165, 1.54) is 32.1 Å². The summed E-state index contributed by atoms with van der Waals surface area (Å²) in [5.41, 5.74) is 1.87. The second-order valence-corrected chi connectivity index (χ2v) is 9.70. The number of carbonyl (C=O) groups is 1. The number of likely N-dealkylation sites (tertiary alicyclic amines) is 1. The third-order valence-electron chi connectivity index (χ3n) is 6.42. The zero-order valence-electron chi connectivity index (χ0n) is 19.2. The standard InChI is InChI=1S/C24H28BrN7O2/c1-16-22-23(30-24(27-16)32-12-8-18(9-13-32)31-10-2-3-11-31)26-14-20(29-22)28-21(33)15-34-19-6-4-17(25)5-7-19/h4-7,14,18H,2-3,8-13,15H2,1H3,(H,28,29,33). The molecule has 2 aliphatic rings. The molecule has 0 unspecified atom stereocenters. The number of anilines is 2. The average molecular weight is 526 g/mol. The van der Waals surface area contributed by atoms with Gasteiger partial charge in [0.05, 0.1) is 11.9 Å². The zero-order valence-corrected chi connectivity index (χ0v) is 20.8. The molecule has 0 atom stereocenters. The van der Waals surface area contributed by atoms with Crippen LogP contribution in [0.15, 0.2) is 34.9 Å². The minimum atomic E-state index is -0.312. The molecular weight excluding hydrogens is 498 g/mol. The Hall–Kier alpha value is -2.85. The van der Waals surface area contributed by atoms with Gasteiger partial charge in [0, 0.05) is 23.6 Å². The monoisotopic (exact) mass is 525 g/mol. The Kier molecular flexibility index (Phi) is 6.87. The number of hydrogen-bond acceptors (Lipinski definition) is 8. The fourth-order valence-corrected chi connectivity index (χ4v) is 4.89. The van der Waals surface area contributed by atoms with E-state index >= 15 is 0 Å². The van der Waals surface area contributed by atoms with E-state index in [0.717, 1.165) is 36.1 Å². The molecule has 2 saturated heterocycles. The molecule has 2 aromatic heterocycles. The highest BCUT2D eigenvalue weighted by molar-refractivity contribution is 9.10. The van der Waals surface area contributed by atoms with Crippen molar-refractivity contribution in [3.8, 4) is 5.75 Å². The summed E-state index contributed by atoms with van der Waals surface area (Å²) in [6.45, 7) is 6.16. The van der Waals surface area contributed by atoms with Gasteiger partial charge in [0.2, 0.25) is 5.95 Å². The molecule has 0 spiro atoms. The maximum Gasteiger partial charge on any atom is 0.263 e. The van der Waals surface area contributed by atoms with Crippen molar-refractivity contribution < 1.29 is 9.53 Å². The number of benzene rings is 1. The van der Waals surface area contributed by atoms with Gasteiger partial charge < -0.3 is 19.9 Å². The number of carbonyl (C=O) groups excluding carboxylic acids is 1. The number of fused-ring (bicyclic) bond motifs is 1. The van der Waals surface area contributed by atoms with Crippen molar-refractivity contribution in [3.63, 3.8) is 0 Å². The Morgan fingerprint density at radius 3 is 2.56 bits per heavy atom. The molecular formula is C24H28BrN7O2. The summed E-state index contributed by atoms with van der Waals surface area (Å²) in [6, 6.07) is 7.98. The Bertz CT molecular complexity index is 1160. The van der Waals surface area contributed by atoms with Crippen molar-refractivity contribution in [3.05, 3.63) is 40.6 Å². The van der Waals surface area contributed by atoms with Gasteiger partial charge in [-0.15, -0.1) is 0 Å². The van der Waals surface area contributed by atoms with E-state index in [0.29, 0.717) is 34.7 Å². The first-order chi connectivity index (χ1) is 16.5. The van der Waals surface area contributed by atoms with Crippen molar-refractivity contribution in [1.82, 2.24) is 24.8 Å². The molecule has 5 rings (SSSR count). The normalized spacial score (nSPS) is 17.3. The third-order valence-corrected chi connectivity index (χ3v) is 6.95. The van der Waals surface area contributed by atoms with Crippen LogP contribution < -0.4 is 15.0 Å². The Morgan fingerprint density at radius 2 is 1.82 bits per heavy atom. The van der Waals surface area contributed by atoms with Crippen LogP contribution in [0.2, 0.25) is 0 Å². The predicted molar refractivity (Wildman–Crippen MR) is 134 cm³/mol. The van der Waals surface area contributed by atoms with Gasteiger partial charge in [-0.05, 0) is 70.0 Å². The van der Waals surface area contributed by atoms with E-state index in [1.54, 1.807) is 12.1 Å². The molecule has 34 heavy (non-hydrogen) atoms. The SMILES string of the molecule is Cc1nc(N2CCC(N3CCCC3)CC2)nc2ncc(NC(=O)COc3ccc(Br)cc3)nc12. The number of nitrogens with one attached hydrogen (secondary N) is 1. The topological polar surface area (TPSA) is 96.4 Å². The molecule has 1 amide bonds. The molecule has 1 aromatic carbocycles. The summed E-state index contributed by atoms with van der Waals surface area (Å²) in [7, 11) is 0. The third kappa shape index (κ3) is 5.28. The quantitative estimate of drug-likeness (QED) is 0.521. The largest absolute Gasteiger partial charge is 0.484 e. The minimum Gasteiger partial charge on any atom is -0.484 e. The first-order valence-electron chi connectivity index (χ1n) is 11.7. The molecule has 4 heterocycles. The lowest BCUT2D eigenvalue weighted by atomic mass is 10.0. The summed E-state index contributed by atoms with van der Waals surface area (Å²) >= 11 is 3.37. The van der Waals surface area contributed by atoms with Crippen LogP contribution in [0.5, 0.6) is 5.75 Å². The van der Waals surface area contributed by atoms with Gasteiger partial charge in [-0.25, -0.2) is 15.0 Å². The number of piperidine rings is 1. The number of rotatable bonds is 6. The van der Waals surface area contributed by atoms with Crippen LogP contribution in [0.3, 0.4) is 0 Å². The lowest BCUT2D eigenvalue weighted by Gasteiger charge is -2.36. The van der Waals surface area contributed by atoms with Crippen LogP contribution in [0.1, 0.15) is 31.4 Å². The first kappa shape index (κ1) is 22.9.